The summed E-state index contributed by atoms with van der Waals surface area (Å²) in [4.78, 5) is 15.4. The third-order valence-electron chi connectivity index (χ3n) is 4.55. The van der Waals surface area contributed by atoms with Crippen LogP contribution in [0.15, 0.2) is 41.8 Å². The van der Waals surface area contributed by atoms with Crippen LogP contribution in [0.1, 0.15) is 41.9 Å². The van der Waals surface area contributed by atoms with Gasteiger partial charge in [-0.2, -0.15) is 8.42 Å². The monoisotopic (exact) mass is 423 g/mol. The highest BCUT2D eigenvalue weighted by Gasteiger charge is 2.24. The average molecular weight is 424 g/mol. The molecule has 2 aromatic rings. The summed E-state index contributed by atoms with van der Waals surface area (Å²) in [7, 11) is -3.63. The number of rotatable bonds is 8. The molecule has 0 aliphatic carbocycles. The smallest absolute Gasteiger partial charge is 0.311 e. The van der Waals surface area contributed by atoms with E-state index in [1.165, 1.54) is 11.3 Å². The van der Waals surface area contributed by atoms with E-state index in [0.29, 0.717) is 18.0 Å². The van der Waals surface area contributed by atoms with Gasteiger partial charge < -0.3 is 13.8 Å². The topological polar surface area (TPSA) is 72.9 Å². The average Bonchev–Trinajstić information content (AvgIpc) is 3.35. The molecular formula is C20H25NO5S2. The largest absolute Gasteiger partial charge is 0.382 e. The Morgan fingerprint density at radius 2 is 2.04 bits per heavy atom. The zero-order valence-electron chi connectivity index (χ0n) is 16.0. The van der Waals surface area contributed by atoms with Crippen molar-refractivity contribution in [3.8, 4) is 5.75 Å². The van der Waals surface area contributed by atoms with Gasteiger partial charge in [-0.25, -0.2) is 0 Å². The summed E-state index contributed by atoms with van der Waals surface area (Å²) in [6.07, 6.45) is 2.03. The molecule has 1 amide bonds. The van der Waals surface area contributed by atoms with Crippen LogP contribution in [0, 0.1) is 0 Å². The third kappa shape index (κ3) is 5.33. The number of hydrogen-bond donors (Lipinski definition) is 0. The summed E-state index contributed by atoms with van der Waals surface area (Å²) >= 11 is 1.42. The lowest BCUT2D eigenvalue weighted by atomic mass is 10.1. The highest BCUT2D eigenvalue weighted by Crippen LogP contribution is 2.21. The summed E-state index contributed by atoms with van der Waals surface area (Å²) in [6, 6.07) is 10.5. The fraction of sp³-hybridized carbons (Fsp3) is 0.450. The van der Waals surface area contributed by atoms with E-state index in [9.17, 15) is 13.2 Å². The maximum absolute atomic E-state index is 12.9. The molecule has 28 heavy (non-hydrogen) atoms. The molecule has 1 saturated heterocycles. The van der Waals surface area contributed by atoms with E-state index in [2.05, 4.69) is 0 Å². The molecule has 8 heteroatoms. The number of amides is 1. The summed E-state index contributed by atoms with van der Waals surface area (Å²) in [6.45, 7) is 4.85. The van der Waals surface area contributed by atoms with Crippen molar-refractivity contribution in [1.29, 1.82) is 0 Å². The molecule has 1 aliphatic rings. The number of nitrogens with zero attached hydrogens (tertiary/aromatic N) is 1. The van der Waals surface area contributed by atoms with E-state index in [4.69, 9.17) is 8.92 Å². The van der Waals surface area contributed by atoms with Crippen molar-refractivity contribution < 1.29 is 22.1 Å². The summed E-state index contributed by atoms with van der Waals surface area (Å²) < 4.78 is 34.6. The molecule has 1 atom stereocenters. The van der Waals surface area contributed by atoms with E-state index in [-0.39, 0.29) is 17.8 Å². The van der Waals surface area contributed by atoms with Crippen LogP contribution in [0.3, 0.4) is 0 Å². The van der Waals surface area contributed by atoms with Crippen molar-refractivity contribution in [2.75, 3.05) is 13.2 Å². The normalized spacial score (nSPS) is 17.0. The van der Waals surface area contributed by atoms with E-state index in [1.54, 1.807) is 43.0 Å². The first kappa shape index (κ1) is 20.8. The van der Waals surface area contributed by atoms with Crippen LogP contribution in [-0.2, 0) is 21.4 Å². The first-order chi connectivity index (χ1) is 13.3. The number of hydrogen-bond acceptors (Lipinski definition) is 6. The number of ether oxygens (including phenoxy) is 1. The predicted molar refractivity (Wildman–Crippen MR) is 109 cm³/mol. The number of carbonyl (C=O) groups excluding carboxylic acids is 1. The summed E-state index contributed by atoms with van der Waals surface area (Å²) in [5.41, 5.74) is 0.900. The Labute approximate surface area is 170 Å². The minimum atomic E-state index is -3.63. The van der Waals surface area contributed by atoms with Crippen LogP contribution in [0.5, 0.6) is 5.75 Å². The second-order valence-electron chi connectivity index (χ2n) is 7.07. The molecule has 0 bridgehead atoms. The Balaban J connectivity index is 1.71. The summed E-state index contributed by atoms with van der Waals surface area (Å²) in [5.74, 6) is 0.251. The van der Waals surface area contributed by atoms with Crippen molar-refractivity contribution in [2.24, 2.45) is 0 Å². The lowest BCUT2D eigenvalue weighted by molar-refractivity contribution is 0.0511. The van der Waals surface area contributed by atoms with Gasteiger partial charge >= 0.3 is 10.1 Å². The van der Waals surface area contributed by atoms with E-state index < -0.39 is 15.4 Å². The van der Waals surface area contributed by atoms with Crippen LogP contribution < -0.4 is 4.18 Å². The van der Waals surface area contributed by atoms with Gasteiger partial charge in [0.1, 0.15) is 5.75 Å². The standard InChI is InChI=1S/C20H25NO5S2/c1-15(2)28(23,24)26-17-9-7-16(8-10-17)13-21(14-18-5-3-11-25-18)20(22)19-6-4-12-27-19/h4,6-10,12,15,18H,3,5,11,13-14H2,1-2H3/t18-/m1/s1. The van der Waals surface area contributed by atoms with E-state index in [0.717, 1.165) is 25.0 Å². The zero-order chi connectivity index (χ0) is 20.1. The highest BCUT2D eigenvalue weighted by atomic mass is 32.2. The highest BCUT2D eigenvalue weighted by molar-refractivity contribution is 7.87. The molecule has 0 N–H and O–H groups in total. The first-order valence-electron chi connectivity index (χ1n) is 9.32. The van der Waals surface area contributed by atoms with E-state index >= 15 is 0 Å². The number of benzene rings is 1. The van der Waals surface area contributed by atoms with Crippen molar-refractivity contribution in [3.05, 3.63) is 52.2 Å². The minimum Gasteiger partial charge on any atom is -0.382 e. The molecule has 1 aromatic heterocycles. The van der Waals surface area contributed by atoms with E-state index in [1.807, 2.05) is 17.5 Å². The van der Waals surface area contributed by atoms with Gasteiger partial charge in [-0.15, -0.1) is 11.3 Å². The Bertz CT molecular complexity index is 870. The van der Waals surface area contributed by atoms with Gasteiger partial charge in [0.25, 0.3) is 5.91 Å². The van der Waals surface area contributed by atoms with Gasteiger partial charge in [-0.1, -0.05) is 18.2 Å². The Hall–Kier alpha value is -1.90. The van der Waals surface area contributed by atoms with Crippen molar-refractivity contribution in [3.63, 3.8) is 0 Å². The lowest BCUT2D eigenvalue weighted by Gasteiger charge is -2.25. The third-order valence-corrected chi connectivity index (χ3v) is 6.99. The molecule has 3 rings (SSSR count). The SMILES string of the molecule is CC(C)S(=O)(=O)Oc1ccc(CN(C[C@H]2CCCO2)C(=O)c2cccs2)cc1. The van der Waals surface area contributed by atoms with Crippen molar-refractivity contribution >= 4 is 27.4 Å². The predicted octanol–water partition coefficient (Wildman–Crippen LogP) is 3.69. The second-order valence-corrected chi connectivity index (χ2v) is 10.1. The molecule has 0 unspecified atom stereocenters. The quantitative estimate of drug-likeness (QED) is 0.606. The molecule has 0 spiro atoms. The number of carbonyl (C=O) groups is 1. The molecule has 1 aromatic carbocycles. The molecule has 0 radical (unpaired) electrons. The van der Waals surface area contributed by atoms with Gasteiger partial charge in [0.2, 0.25) is 0 Å². The minimum absolute atomic E-state index is 0.0202. The Kier molecular flexibility index (Phi) is 6.74. The maximum Gasteiger partial charge on any atom is 0.311 e. The fourth-order valence-corrected chi connectivity index (χ4v) is 4.17. The van der Waals surface area contributed by atoms with Crippen molar-refractivity contribution in [1.82, 2.24) is 4.90 Å². The Morgan fingerprint density at radius 1 is 1.29 bits per heavy atom. The van der Waals surface area contributed by atoms with Crippen LogP contribution in [0.25, 0.3) is 0 Å². The lowest BCUT2D eigenvalue weighted by Crippen LogP contribution is -2.36. The molecule has 6 nitrogen and oxygen atoms in total. The first-order valence-corrected chi connectivity index (χ1v) is 11.7. The molecule has 1 fully saturated rings. The van der Waals surface area contributed by atoms with Gasteiger partial charge in [-0.05, 0) is 55.8 Å². The molecule has 0 saturated carbocycles. The van der Waals surface area contributed by atoms with Crippen LogP contribution in [0.4, 0.5) is 0 Å². The van der Waals surface area contributed by atoms with Gasteiger partial charge in [0.05, 0.1) is 16.2 Å². The fourth-order valence-electron chi connectivity index (χ4n) is 2.91. The zero-order valence-corrected chi connectivity index (χ0v) is 17.7. The van der Waals surface area contributed by atoms with Gasteiger partial charge in [0.15, 0.2) is 0 Å². The van der Waals surface area contributed by atoms with Gasteiger partial charge in [0, 0.05) is 19.7 Å². The number of thiophene rings is 1. The van der Waals surface area contributed by atoms with Crippen LogP contribution >= 0.6 is 11.3 Å². The molecule has 1 aliphatic heterocycles. The van der Waals surface area contributed by atoms with Crippen LogP contribution in [0.2, 0.25) is 0 Å². The molecule has 152 valence electrons. The molecule has 2 heterocycles. The summed E-state index contributed by atoms with van der Waals surface area (Å²) in [5, 5.41) is 1.27. The van der Waals surface area contributed by atoms with Crippen molar-refractivity contribution in [2.45, 2.75) is 44.6 Å². The van der Waals surface area contributed by atoms with Crippen LogP contribution in [-0.4, -0.2) is 43.7 Å². The van der Waals surface area contributed by atoms with Gasteiger partial charge in [-0.3, -0.25) is 4.79 Å². The Morgan fingerprint density at radius 3 is 2.61 bits per heavy atom. The second kappa shape index (κ2) is 9.07. The maximum atomic E-state index is 12.9. The molecular weight excluding hydrogens is 398 g/mol.